The largest absolute Gasteiger partial charge is 0.493 e. The molecule has 8 nitrogen and oxygen atoms in total. The van der Waals surface area contributed by atoms with Gasteiger partial charge in [-0.2, -0.15) is 0 Å². The molecule has 1 aliphatic heterocycles. The van der Waals surface area contributed by atoms with Crippen molar-refractivity contribution >= 4 is 23.5 Å². The number of halogens is 1. The van der Waals surface area contributed by atoms with Crippen molar-refractivity contribution in [3.8, 4) is 5.75 Å². The monoisotopic (exact) mass is 514 g/mol. The van der Waals surface area contributed by atoms with E-state index in [9.17, 15) is 23.9 Å². The maximum atomic E-state index is 13.1. The second-order valence-corrected chi connectivity index (χ2v) is 9.41. The first kappa shape index (κ1) is 28.1. The van der Waals surface area contributed by atoms with Gasteiger partial charge in [-0.1, -0.05) is 25.5 Å². The molecule has 0 radical (unpaired) electrons. The molecular weight excluding hydrogens is 479 g/mol. The molecule has 0 saturated carbocycles. The average Bonchev–Trinajstić information content (AvgIpc) is 2.89. The highest BCUT2D eigenvalue weighted by molar-refractivity contribution is 5.97. The molecule has 9 heteroatoms. The first-order chi connectivity index (χ1) is 17.7. The van der Waals surface area contributed by atoms with E-state index in [2.05, 4.69) is 0 Å². The Labute approximate surface area is 217 Å². The average molecular weight is 515 g/mol. The SMILES string of the molecule is CCCCOc1ccc(N(C)C(=O)CC2(O)CCN(C(=O)Cc3ccc(F)cc3)CC2)cc1C(=O)OC. The zero-order chi connectivity index (χ0) is 27.0. The van der Waals surface area contributed by atoms with Gasteiger partial charge in [0.15, 0.2) is 0 Å². The summed E-state index contributed by atoms with van der Waals surface area (Å²) < 4.78 is 23.7. The van der Waals surface area contributed by atoms with Crippen LogP contribution in [0.2, 0.25) is 0 Å². The number of ether oxygens (including phenoxy) is 2. The van der Waals surface area contributed by atoms with Crippen LogP contribution in [0.25, 0.3) is 0 Å². The fraction of sp³-hybridized carbons (Fsp3) is 0.464. The number of nitrogens with zero attached hydrogens (tertiary/aromatic N) is 2. The summed E-state index contributed by atoms with van der Waals surface area (Å²) in [5, 5.41) is 11.1. The highest BCUT2D eigenvalue weighted by Crippen LogP contribution is 2.30. The van der Waals surface area contributed by atoms with Gasteiger partial charge < -0.3 is 24.4 Å². The summed E-state index contributed by atoms with van der Waals surface area (Å²) in [6.07, 6.45) is 2.35. The zero-order valence-electron chi connectivity index (χ0n) is 21.7. The van der Waals surface area contributed by atoms with Gasteiger partial charge in [0.25, 0.3) is 0 Å². The number of piperidine rings is 1. The third-order valence-corrected chi connectivity index (χ3v) is 6.68. The summed E-state index contributed by atoms with van der Waals surface area (Å²) in [7, 11) is 2.87. The fourth-order valence-electron chi connectivity index (χ4n) is 4.23. The number of carbonyl (C=O) groups is 3. The number of amides is 2. The number of benzene rings is 2. The molecule has 37 heavy (non-hydrogen) atoms. The van der Waals surface area contributed by atoms with Gasteiger partial charge in [-0.3, -0.25) is 9.59 Å². The molecule has 1 N–H and O–H groups in total. The van der Waals surface area contributed by atoms with E-state index in [0.29, 0.717) is 31.1 Å². The highest BCUT2D eigenvalue weighted by atomic mass is 19.1. The third-order valence-electron chi connectivity index (χ3n) is 6.68. The molecular formula is C28H35FN2O6. The number of carbonyl (C=O) groups excluding carboxylic acids is 3. The first-order valence-corrected chi connectivity index (χ1v) is 12.5. The summed E-state index contributed by atoms with van der Waals surface area (Å²) in [5.74, 6) is -0.948. The minimum absolute atomic E-state index is 0.103. The van der Waals surface area contributed by atoms with E-state index in [-0.39, 0.29) is 48.9 Å². The second kappa shape index (κ2) is 12.7. The van der Waals surface area contributed by atoms with Gasteiger partial charge in [-0.05, 0) is 55.2 Å². The molecule has 0 aliphatic carbocycles. The molecule has 0 unspecified atom stereocenters. The van der Waals surface area contributed by atoms with Crippen LogP contribution in [0.4, 0.5) is 10.1 Å². The van der Waals surface area contributed by atoms with Crippen LogP contribution in [0.5, 0.6) is 5.75 Å². The summed E-state index contributed by atoms with van der Waals surface area (Å²) >= 11 is 0. The molecule has 1 aliphatic rings. The third kappa shape index (κ3) is 7.52. The van der Waals surface area contributed by atoms with Gasteiger partial charge in [0.1, 0.15) is 17.1 Å². The number of anilines is 1. The lowest BCUT2D eigenvalue weighted by Crippen LogP contribution is -2.49. The quantitative estimate of drug-likeness (QED) is 0.383. The van der Waals surface area contributed by atoms with Gasteiger partial charge >= 0.3 is 5.97 Å². The molecule has 3 rings (SSSR count). The van der Waals surface area contributed by atoms with Crippen LogP contribution in [-0.2, 0) is 20.7 Å². The number of aliphatic hydroxyl groups is 1. The number of methoxy groups -OCH3 is 1. The Morgan fingerprint density at radius 3 is 2.41 bits per heavy atom. The Balaban J connectivity index is 1.60. The Hall–Kier alpha value is -3.46. The second-order valence-electron chi connectivity index (χ2n) is 9.41. The number of rotatable bonds is 10. The van der Waals surface area contributed by atoms with E-state index in [1.807, 2.05) is 6.92 Å². The Bertz CT molecular complexity index is 1100. The minimum atomic E-state index is -1.24. The number of esters is 1. The number of hydrogen-bond acceptors (Lipinski definition) is 6. The summed E-state index contributed by atoms with van der Waals surface area (Å²) in [6, 6.07) is 10.7. The van der Waals surface area contributed by atoms with E-state index in [0.717, 1.165) is 18.4 Å². The van der Waals surface area contributed by atoms with Crippen LogP contribution >= 0.6 is 0 Å². The first-order valence-electron chi connectivity index (χ1n) is 12.5. The van der Waals surface area contributed by atoms with Crippen molar-refractivity contribution in [2.75, 3.05) is 38.8 Å². The van der Waals surface area contributed by atoms with E-state index in [4.69, 9.17) is 9.47 Å². The van der Waals surface area contributed by atoms with E-state index in [1.165, 1.54) is 24.1 Å². The summed E-state index contributed by atoms with van der Waals surface area (Å²) in [6.45, 7) is 3.15. The van der Waals surface area contributed by atoms with E-state index in [1.54, 1.807) is 42.3 Å². The van der Waals surface area contributed by atoms with Gasteiger partial charge in [-0.15, -0.1) is 0 Å². The molecule has 2 aromatic carbocycles. The van der Waals surface area contributed by atoms with E-state index < -0.39 is 11.6 Å². The molecule has 0 aromatic heterocycles. The maximum Gasteiger partial charge on any atom is 0.341 e. The molecule has 2 aromatic rings. The Morgan fingerprint density at radius 1 is 1.11 bits per heavy atom. The normalized spacial score (nSPS) is 14.7. The highest BCUT2D eigenvalue weighted by Gasteiger charge is 2.36. The van der Waals surface area contributed by atoms with Crippen molar-refractivity contribution < 1.29 is 33.4 Å². The molecule has 0 atom stereocenters. The minimum Gasteiger partial charge on any atom is -0.493 e. The van der Waals surface area contributed by atoms with Crippen molar-refractivity contribution in [2.45, 2.75) is 51.0 Å². The standard InChI is InChI=1S/C28H35FN2O6/c1-4-5-16-37-24-11-10-22(18-23(24)27(34)36-3)30(2)26(33)19-28(35)12-14-31(15-13-28)25(32)17-20-6-8-21(29)9-7-20/h6-11,18,35H,4-5,12-17,19H2,1-3H3. The van der Waals surface area contributed by atoms with Crippen LogP contribution in [-0.4, -0.2) is 67.2 Å². The number of unbranched alkanes of at least 4 members (excludes halogenated alkanes) is 1. The van der Waals surface area contributed by atoms with Crippen molar-refractivity contribution in [3.05, 3.63) is 59.4 Å². The lowest BCUT2D eigenvalue weighted by atomic mass is 9.87. The molecule has 2 amide bonds. The van der Waals surface area contributed by atoms with Crippen molar-refractivity contribution in [1.29, 1.82) is 0 Å². The van der Waals surface area contributed by atoms with Crippen molar-refractivity contribution in [3.63, 3.8) is 0 Å². The number of hydrogen-bond donors (Lipinski definition) is 1. The predicted molar refractivity (Wildman–Crippen MR) is 137 cm³/mol. The lowest BCUT2D eigenvalue weighted by molar-refractivity contribution is -0.136. The van der Waals surface area contributed by atoms with Gasteiger partial charge in [0.05, 0.1) is 32.2 Å². The smallest absolute Gasteiger partial charge is 0.341 e. The van der Waals surface area contributed by atoms with Gasteiger partial charge in [-0.25, -0.2) is 9.18 Å². The fourth-order valence-corrected chi connectivity index (χ4v) is 4.23. The summed E-state index contributed by atoms with van der Waals surface area (Å²) in [5.41, 5.74) is 0.176. The Morgan fingerprint density at radius 2 is 1.78 bits per heavy atom. The molecule has 200 valence electrons. The van der Waals surface area contributed by atoms with Crippen LogP contribution in [0.15, 0.2) is 42.5 Å². The molecule has 1 saturated heterocycles. The predicted octanol–water partition coefficient (Wildman–Crippen LogP) is 3.74. The molecule has 0 bridgehead atoms. The van der Waals surface area contributed by atoms with Gasteiger partial charge in [0, 0.05) is 25.8 Å². The van der Waals surface area contributed by atoms with Crippen LogP contribution in [0, 0.1) is 5.82 Å². The maximum absolute atomic E-state index is 13.1. The van der Waals surface area contributed by atoms with E-state index >= 15 is 0 Å². The molecule has 0 spiro atoms. The molecule has 1 heterocycles. The number of likely N-dealkylation sites (tertiary alicyclic amines) is 1. The van der Waals surface area contributed by atoms with Crippen molar-refractivity contribution in [1.82, 2.24) is 4.90 Å². The van der Waals surface area contributed by atoms with Crippen molar-refractivity contribution in [2.24, 2.45) is 0 Å². The van der Waals surface area contributed by atoms with Gasteiger partial charge in [0.2, 0.25) is 11.8 Å². The zero-order valence-corrected chi connectivity index (χ0v) is 21.7. The summed E-state index contributed by atoms with van der Waals surface area (Å²) in [4.78, 5) is 41.0. The molecule has 1 fully saturated rings. The Kier molecular flexibility index (Phi) is 9.63. The topological polar surface area (TPSA) is 96.4 Å². The van der Waals surface area contributed by atoms with Crippen LogP contribution < -0.4 is 9.64 Å². The lowest BCUT2D eigenvalue weighted by Gasteiger charge is -2.38. The van der Waals surface area contributed by atoms with Crippen LogP contribution in [0.3, 0.4) is 0 Å². The van der Waals surface area contributed by atoms with Crippen LogP contribution in [0.1, 0.15) is 54.9 Å².